The van der Waals surface area contributed by atoms with Crippen LogP contribution in [0.3, 0.4) is 0 Å². The molecule has 0 aliphatic carbocycles. The average molecular weight is 425 g/mol. The summed E-state index contributed by atoms with van der Waals surface area (Å²) in [5.74, 6) is 0.981. The fourth-order valence-corrected chi connectivity index (χ4v) is 3.40. The first kappa shape index (κ1) is 21.1. The van der Waals surface area contributed by atoms with Crippen LogP contribution in [-0.2, 0) is 9.53 Å². The maximum absolute atomic E-state index is 12.0. The second-order valence-corrected chi connectivity index (χ2v) is 6.96. The van der Waals surface area contributed by atoms with Crippen LogP contribution in [0.25, 0.3) is 28.2 Å². The number of carbonyl (C=O) groups excluding carboxylic acids is 1. The molecule has 5 heteroatoms. The van der Waals surface area contributed by atoms with E-state index in [4.69, 9.17) is 18.9 Å². The lowest BCUT2D eigenvalue weighted by Gasteiger charge is -2.10. The molecule has 0 bridgehead atoms. The minimum atomic E-state index is -0.400. The molecule has 1 aromatic heterocycles. The molecule has 3 aromatic carbocycles. The Labute approximate surface area is 186 Å². The molecule has 0 saturated heterocycles. The fourth-order valence-electron chi connectivity index (χ4n) is 3.40. The molecule has 0 fully saturated rings. The first-order chi connectivity index (χ1) is 15.7. The van der Waals surface area contributed by atoms with Crippen LogP contribution in [0, 0.1) is 0 Å². The molecule has 4 aromatic rings. The normalized spacial score (nSPS) is 11.8. The summed E-state index contributed by atoms with van der Waals surface area (Å²) in [5.41, 5.74) is 2.90. The van der Waals surface area contributed by atoms with Crippen molar-refractivity contribution in [2.24, 2.45) is 4.99 Å². The first-order valence-electron chi connectivity index (χ1n) is 10.3. The summed E-state index contributed by atoms with van der Waals surface area (Å²) in [5, 5.41) is 1.76. The molecule has 160 valence electrons. The molecule has 1 heterocycles. The highest BCUT2D eigenvalue weighted by molar-refractivity contribution is 5.98. The average Bonchev–Trinajstić information content (AvgIpc) is 2.84. The van der Waals surface area contributed by atoms with Crippen molar-refractivity contribution in [1.29, 1.82) is 0 Å². The van der Waals surface area contributed by atoms with E-state index in [9.17, 15) is 4.79 Å². The van der Waals surface area contributed by atoms with Gasteiger partial charge in [0.25, 0.3) is 0 Å². The Morgan fingerprint density at radius 2 is 1.62 bits per heavy atom. The highest BCUT2D eigenvalue weighted by atomic mass is 16.5. The number of rotatable bonds is 6. The minimum absolute atomic E-state index is 0.319. The van der Waals surface area contributed by atoms with Gasteiger partial charge in [-0.05, 0) is 48.7 Å². The van der Waals surface area contributed by atoms with Gasteiger partial charge >= 0.3 is 5.97 Å². The Hall–Kier alpha value is -4.12. The van der Waals surface area contributed by atoms with Crippen LogP contribution in [0.5, 0.6) is 5.75 Å². The quantitative estimate of drug-likeness (QED) is 0.284. The van der Waals surface area contributed by atoms with Gasteiger partial charge in [-0.2, -0.15) is 0 Å². The van der Waals surface area contributed by atoms with Crippen molar-refractivity contribution in [2.45, 2.75) is 6.92 Å². The molecule has 0 radical (unpaired) electrons. The number of carbonyl (C=O) groups is 1. The maximum Gasteiger partial charge on any atom is 0.330 e. The van der Waals surface area contributed by atoms with Gasteiger partial charge in [0.05, 0.1) is 19.4 Å². The summed E-state index contributed by atoms with van der Waals surface area (Å²) in [6.07, 6.45) is 3.16. The van der Waals surface area contributed by atoms with Gasteiger partial charge < -0.3 is 13.9 Å². The summed E-state index contributed by atoms with van der Waals surface area (Å²) in [4.78, 5) is 16.8. The Morgan fingerprint density at radius 3 is 2.31 bits per heavy atom. The first-order valence-corrected chi connectivity index (χ1v) is 10.3. The SMILES string of the molecule is CCOC(=O)/C=C/c1c(-c2ccccc2)oc(=Nc2ccc(OC)cc2)c2ccccc12. The summed E-state index contributed by atoms with van der Waals surface area (Å²) in [7, 11) is 1.63. The van der Waals surface area contributed by atoms with Crippen molar-refractivity contribution < 1.29 is 18.7 Å². The van der Waals surface area contributed by atoms with Crippen molar-refractivity contribution in [1.82, 2.24) is 0 Å². The summed E-state index contributed by atoms with van der Waals surface area (Å²) < 4.78 is 16.7. The topological polar surface area (TPSA) is 61.0 Å². The number of benzene rings is 3. The molecule has 0 spiro atoms. The number of esters is 1. The Bertz CT molecular complexity index is 1320. The lowest BCUT2D eigenvalue weighted by atomic mass is 10.0. The lowest BCUT2D eigenvalue weighted by molar-refractivity contribution is -0.137. The molecule has 0 saturated carbocycles. The third-order valence-electron chi connectivity index (χ3n) is 4.90. The molecule has 32 heavy (non-hydrogen) atoms. The van der Waals surface area contributed by atoms with E-state index < -0.39 is 5.97 Å². The zero-order valence-corrected chi connectivity index (χ0v) is 17.9. The summed E-state index contributed by atoms with van der Waals surface area (Å²) in [6, 6.07) is 25.1. The van der Waals surface area contributed by atoms with Crippen LogP contribution in [-0.4, -0.2) is 19.7 Å². The molecule has 5 nitrogen and oxygen atoms in total. The van der Waals surface area contributed by atoms with Crippen molar-refractivity contribution in [3.8, 4) is 17.1 Å². The van der Waals surface area contributed by atoms with E-state index in [1.807, 2.05) is 78.9 Å². The molecule has 0 aliphatic heterocycles. The van der Waals surface area contributed by atoms with E-state index in [1.54, 1.807) is 20.1 Å². The Balaban J connectivity index is 1.97. The lowest BCUT2D eigenvalue weighted by Crippen LogP contribution is -2.06. The highest BCUT2D eigenvalue weighted by Gasteiger charge is 2.13. The van der Waals surface area contributed by atoms with Crippen LogP contribution in [0.4, 0.5) is 5.69 Å². The van der Waals surface area contributed by atoms with Gasteiger partial charge in [-0.15, -0.1) is 0 Å². The molecule has 0 amide bonds. The predicted molar refractivity (Wildman–Crippen MR) is 126 cm³/mol. The maximum atomic E-state index is 12.0. The second kappa shape index (κ2) is 9.79. The zero-order valence-electron chi connectivity index (χ0n) is 17.9. The van der Waals surface area contributed by atoms with Crippen molar-refractivity contribution in [3.05, 3.63) is 96.1 Å². The van der Waals surface area contributed by atoms with Crippen LogP contribution < -0.4 is 10.3 Å². The third kappa shape index (κ3) is 4.62. The number of ether oxygens (including phenoxy) is 2. The van der Waals surface area contributed by atoms with Gasteiger partial charge in [-0.1, -0.05) is 48.5 Å². The molecule has 4 rings (SSSR count). The highest BCUT2D eigenvalue weighted by Crippen LogP contribution is 2.30. The molecule has 0 unspecified atom stereocenters. The number of nitrogens with zero attached hydrogens (tertiary/aromatic N) is 1. The summed E-state index contributed by atoms with van der Waals surface area (Å²) >= 11 is 0. The van der Waals surface area contributed by atoms with Gasteiger partial charge in [-0.3, -0.25) is 0 Å². The molecule has 0 N–H and O–H groups in total. The van der Waals surface area contributed by atoms with Crippen molar-refractivity contribution in [2.75, 3.05) is 13.7 Å². The van der Waals surface area contributed by atoms with Crippen LogP contribution in [0.1, 0.15) is 12.5 Å². The van der Waals surface area contributed by atoms with E-state index >= 15 is 0 Å². The Kier molecular flexibility index (Phi) is 6.46. The fraction of sp³-hybridized carbons (Fsp3) is 0.111. The Morgan fingerprint density at radius 1 is 0.938 bits per heavy atom. The van der Waals surface area contributed by atoms with Crippen LogP contribution in [0.2, 0.25) is 0 Å². The van der Waals surface area contributed by atoms with E-state index in [0.717, 1.165) is 33.3 Å². The van der Waals surface area contributed by atoms with Crippen molar-refractivity contribution in [3.63, 3.8) is 0 Å². The van der Waals surface area contributed by atoms with E-state index in [0.29, 0.717) is 17.9 Å². The molecular formula is C27H23NO4. The van der Waals surface area contributed by atoms with Crippen LogP contribution >= 0.6 is 0 Å². The summed E-state index contributed by atoms with van der Waals surface area (Å²) in [6.45, 7) is 2.10. The second-order valence-electron chi connectivity index (χ2n) is 6.96. The molecule has 0 atom stereocenters. The van der Waals surface area contributed by atoms with E-state index in [-0.39, 0.29) is 0 Å². The van der Waals surface area contributed by atoms with E-state index in [1.165, 1.54) is 6.08 Å². The van der Waals surface area contributed by atoms with Gasteiger partial charge in [-0.25, -0.2) is 9.79 Å². The third-order valence-corrected chi connectivity index (χ3v) is 4.90. The number of methoxy groups -OCH3 is 1. The van der Waals surface area contributed by atoms with Crippen molar-refractivity contribution >= 4 is 28.5 Å². The minimum Gasteiger partial charge on any atom is -0.497 e. The number of hydrogen-bond acceptors (Lipinski definition) is 5. The standard InChI is InChI=1S/C27H23NO4/c1-3-31-25(29)18-17-23-22-11-7-8-12-24(22)27(28-20-13-15-21(30-2)16-14-20)32-26(23)19-9-5-4-6-10-19/h4-18H,3H2,1-2H3/b18-17+,28-27?. The zero-order chi connectivity index (χ0) is 22.3. The molecular weight excluding hydrogens is 402 g/mol. The smallest absolute Gasteiger partial charge is 0.330 e. The van der Waals surface area contributed by atoms with Gasteiger partial charge in [0, 0.05) is 22.6 Å². The number of hydrogen-bond donors (Lipinski definition) is 0. The molecule has 0 aliphatic rings. The monoisotopic (exact) mass is 425 g/mol. The van der Waals surface area contributed by atoms with Gasteiger partial charge in [0.2, 0.25) is 5.55 Å². The number of fused-ring (bicyclic) bond motifs is 1. The predicted octanol–water partition coefficient (Wildman–Crippen LogP) is 5.92. The van der Waals surface area contributed by atoms with Gasteiger partial charge in [0.15, 0.2) is 0 Å². The van der Waals surface area contributed by atoms with Gasteiger partial charge in [0.1, 0.15) is 11.5 Å². The van der Waals surface area contributed by atoms with E-state index in [2.05, 4.69) is 0 Å². The van der Waals surface area contributed by atoms with Crippen LogP contribution in [0.15, 0.2) is 94.3 Å². The largest absolute Gasteiger partial charge is 0.497 e.